The molecule has 1 fully saturated rings. The number of aromatic nitrogens is 2. The molecule has 1 saturated heterocycles. The van der Waals surface area contributed by atoms with E-state index in [2.05, 4.69) is 20.0 Å². The van der Waals surface area contributed by atoms with E-state index in [4.69, 9.17) is 17.7 Å². The Morgan fingerprint density at radius 3 is 2.63 bits per heavy atom. The number of rotatable bonds is 7. The molecule has 13 heteroatoms. The van der Waals surface area contributed by atoms with Crippen LogP contribution in [0.25, 0.3) is 11.4 Å². The van der Waals surface area contributed by atoms with E-state index in [1.54, 1.807) is 0 Å². The lowest BCUT2D eigenvalue weighted by Gasteiger charge is -2.35. The van der Waals surface area contributed by atoms with Crippen molar-refractivity contribution in [3.8, 4) is 11.4 Å². The predicted octanol–water partition coefficient (Wildman–Crippen LogP) is 1.03. The lowest BCUT2D eigenvalue weighted by Crippen LogP contribution is -2.56. The SMILES string of the molecule is [2H]C([2H])([2H])N(C(=O)c1cccc(N2CCO[C@H]([C@@H](OC(C)=O)C(=O)Nc3ccc(-c4noc(=O)[nH]4)cc3)C2=O)c1)C([2H])([2H])[2H]. The van der Waals surface area contributed by atoms with E-state index < -0.39 is 55.6 Å². The number of anilines is 2. The lowest BCUT2D eigenvalue weighted by molar-refractivity contribution is -0.167. The second-order valence-corrected chi connectivity index (χ2v) is 8.01. The zero-order valence-electron chi connectivity index (χ0n) is 25.8. The van der Waals surface area contributed by atoms with Gasteiger partial charge in [-0.25, -0.2) is 4.79 Å². The number of hydrogen-bond donors (Lipinski definition) is 2. The first kappa shape index (κ1) is 19.3. The van der Waals surface area contributed by atoms with Crippen LogP contribution in [0.4, 0.5) is 11.4 Å². The largest absolute Gasteiger partial charge is 0.449 e. The Kier molecular flexibility index (Phi) is 5.65. The minimum Gasteiger partial charge on any atom is -0.449 e. The molecule has 2 atom stereocenters. The van der Waals surface area contributed by atoms with Gasteiger partial charge in [0.05, 0.1) is 6.61 Å². The van der Waals surface area contributed by atoms with Gasteiger partial charge in [0, 0.05) is 58.1 Å². The molecule has 1 aromatic heterocycles. The summed E-state index contributed by atoms with van der Waals surface area (Å²) in [6.07, 6.45) is -3.37. The first-order chi connectivity index (χ1) is 20.6. The van der Waals surface area contributed by atoms with Gasteiger partial charge in [-0.2, -0.15) is 0 Å². The molecule has 0 unspecified atom stereocenters. The molecule has 0 spiro atoms. The number of benzene rings is 2. The molecule has 0 radical (unpaired) electrons. The van der Waals surface area contributed by atoms with E-state index in [0.29, 0.717) is 5.56 Å². The van der Waals surface area contributed by atoms with Crippen molar-refractivity contribution in [2.24, 2.45) is 0 Å². The molecular weight excluding hydrogens is 498 g/mol. The summed E-state index contributed by atoms with van der Waals surface area (Å²) in [5, 5.41) is 6.10. The van der Waals surface area contributed by atoms with E-state index in [-0.39, 0.29) is 40.8 Å². The monoisotopic (exact) mass is 529 g/mol. The van der Waals surface area contributed by atoms with Gasteiger partial charge in [0.25, 0.3) is 17.7 Å². The van der Waals surface area contributed by atoms with Crippen LogP contribution in [0.2, 0.25) is 0 Å². The van der Waals surface area contributed by atoms with Crippen LogP contribution in [-0.2, 0) is 23.9 Å². The van der Waals surface area contributed by atoms with Gasteiger partial charge in [-0.3, -0.25) is 28.7 Å². The number of nitrogens with one attached hydrogen (secondary N) is 2. The molecule has 2 N–H and O–H groups in total. The van der Waals surface area contributed by atoms with Crippen molar-refractivity contribution in [1.82, 2.24) is 15.0 Å². The van der Waals surface area contributed by atoms with Gasteiger partial charge >= 0.3 is 11.7 Å². The van der Waals surface area contributed by atoms with Crippen LogP contribution in [0.5, 0.6) is 0 Å². The molecule has 1 aliphatic rings. The Morgan fingerprint density at radius 1 is 1.21 bits per heavy atom. The van der Waals surface area contributed by atoms with Crippen molar-refractivity contribution in [1.29, 1.82) is 0 Å². The summed E-state index contributed by atoms with van der Waals surface area (Å²) in [5.74, 6) is -4.52. The first-order valence-corrected chi connectivity index (χ1v) is 11.1. The third-order valence-corrected chi connectivity index (χ3v) is 5.42. The molecule has 3 amide bonds. The minimum atomic E-state index is -3.28. The van der Waals surface area contributed by atoms with Crippen LogP contribution < -0.4 is 16.0 Å². The molecular formula is C25H25N5O8. The number of aromatic amines is 1. The molecule has 13 nitrogen and oxygen atoms in total. The van der Waals surface area contributed by atoms with Gasteiger partial charge in [0.1, 0.15) is 0 Å². The summed E-state index contributed by atoms with van der Waals surface area (Å²) in [6.45, 7) is -5.71. The average Bonchev–Trinajstić information content (AvgIpc) is 3.37. The molecule has 4 rings (SSSR count). The molecule has 198 valence electrons. The van der Waals surface area contributed by atoms with Crippen LogP contribution in [0.1, 0.15) is 25.5 Å². The Balaban J connectivity index is 1.56. The molecule has 2 heterocycles. The summed E-state index contributed by atoms with van der Waals surface area (Å²) in [7, 11) is 0. The third kappa shape index (κ3) is 5.78. The van der Waals surface area contributed by atoms with Crippen LogP contribution in [0.3, 0.4) is 0 Å². The van der Waals surface area contributed by atoms with Crippen molar-refractivity contribution in [2.45, 2.75) is 19.1 Å². The van der Waals surface area contributed by atoms with Crippen molar-refractivity contribution in [2.75, 3.05) is 37.3 Å². The highest BCUT2D eigenvalue weighted by Gasteiger charge is 2.42. The van der Waals surface area contributed by atoms with Crippen molar-refractivity contribution in [3.05, 3.63) is 64.6 Å². The van der Waals surface area contributed by atoms with Gasteiger partial charge in [0.2, 0.25) is 6.10 Å². The van der Waals surface area contributed by atoms with Gasteiger partial charge < -0.3 is 24.6 Å². The maximum absolute atomic E-state index is 13.6. The molecule has 0 aliphatic carbocycles. The molecule has 3 aromatic rings. The van der Waals surface area contributed by atoms with Crippen molar-refractivity contribution < 1.29 is 41.4 Å². The fourth-order valence-corrected chi connectivity index (χ4v) is 3.73. The fourth-order valence-electron chi connectivity index (χ4n) is 3.73. The Bertz CT molecular complexity index is 1600. The third-order valence-electron chi connectivity index (χ3n) is 5.42. The Hall–Kier alpha value is -4.78. The average molecular weight is 530 g/mol. The summed E-state index contributed by atoms with van der Waals surface area (Å²) in [5.41, 5.74) is 0.459. The predicted molar refractivity (Wildman–Crippen MR) is 133 cm³/mol. The van der Waals surface area contributed by atoms with E-state index >= 15 is 0 Å². The smallest absolute Gasteiger partial charge is 0.439 e. The summed E-state index contributed by atoms with van der Waals surface area (Å²) >= 11 is 0. The van der Waals surface area contributed by atoms with Gasteiger partial charge in [-0.15, -0.1) is 0 Å². The molecule has 0 saturated carbocycles. The maximum atomic E-state index is 13.6. The van der Waals surface area contributed by atoms with E-state index in [1.165, 1.54) is 42.5 Å². The summed E-state index contributed by atoms with van der Waals surface area (Å²) in [4.78, 5) is 66.1. The molecule has 38 heavy (non-hydrogen) atoms. The number of amides is 3. The van der Waals surface area contributed by atoms with E-state index in [9.17, 15) is 24.0 Å². The normalized spacial score (nSPS) is 19.0. The Labute approximate surface area is 224 Å². The highest BCUT2D eigenvalue weighted by atomic mass is 16.6. The molecule has 2 aromatic carbocycles. The standard InChI is InChI=1S/C25H25N5O8/c1-14(31)37-19(22(32)26-17-9-7-15(8-10-17)21-27-25(35)38-28-21)20-24(34)30(11-12-36-20)18-6-4-5-16(13-18)23(33)29(2)3/h4-10,13,19-20H,11-12H2,1-3H3,(H,26,32)(H,27,28,35)/t19-,20-/m1/s1/i2D3,3D3. The summed E-state index contributed by atoms with van der Waals surface area (Å²) in [6, 6.07) is 11.0. The number of carbonyl (C=O) groups is 4. The van der Waals surface area contributed by atoms with Crippen molar-refractivity contribution >= 4 is 35.1 Å². The zero-order chi connectivity index (χ0) is 32.4. The highest BCUT2D eigenvalue weighted by molar-refractivity contribution is 6.05. The Morgan fingerprint density at radius 2 is 1.97 bits per heavy atom. The number of esters is 1. The van der Waals surface area contributed by atoms with Gasteiger partial charge in [0.15, 0.2) is 11.9 Å². The number of morpholine rings is 1. The number of carbonyl (C=O) groups excluding carboxylic acids is 4. The molecule has 1 aliphatic heterocycles. The highest BCUT2D eigenvalue weighted by Crippen LogP contribution is 2.24. The molecule has 0 bridgehead atoms. The van der Waals surface area contributed by atoms with E-state index in [0.717, 1.165) is 17.9 Å². The second-order valence-electron chi connectivity index (χ2n) is 8.01. The number of hydrogen-bond acceptors (Lipinski definition) is 9. The summed E-state index contributed by atoms with van der Waals surface area (Å²) < 4.78 is 60.2. The first-order valence-electron chi connectivity index (χ1n) is 14.1. The van der Waals surface area contributed by atoms with Crippen LogP contribution in [-0.4, -0.2) is 78.0 Å². The topological polar surface area (TPSA) is 164 Å². The number of ether oxygens (including phenoxy) is 2. The van der Waals surface area contributed by atoms with Crippen LogP contribution >= 0.6 is 0 Å². The number of H-pyrrole nitrogens is 1. The van der Waals surface area contributed by atoms with Gasteiger partial charge in [-0.1, -0.05) is 11.2 Å². The quantitative estimate of drug-likeness (QED) is 0.425. The second kappa shape index (κ2) is 11.1. The maximum Gasteiger partial charge on any atom is 0.439 e. The fraction of sp³-hybridized carbons (Fsp3) is 0.280. The minimum absolute atomic E-state index is 0.0603. The van der Waals surface area contributed by atoms with Crippen LogP contribution in [0.15, 0.2) is 57.8 Å². The van der Waals surface area contributed by atoms with Crippen LogP contribution in [0, 0.1) is 0 Å². The van der Waals surface area contributed by atoms with E-state index in [1.807, 2.05) is 0 Å². The van der Waals surface area contributed by atoms with Gasteiger partial charge in [-0.05, 0) is 42.5 Å². The van der Waals surface area contributed by atoms with Crippen molar-refractivity contribution in [3.63, 3.8) is 0 Å². The number of nitrogens with zero attached hydrogens (tertiary/aromatic N) is 3. The zero-order valence-corrected chi connectivity index (χ0v) is 19.8. The lowest BCUT2D eigenvalue weighted by atomic mass is 10.1.